The molecule has 4 nitrogen and oxygen atoms in total. The summed E-state index contributed by atoms with van der Waals surface area (Å²) < 4.78 is 39.2. The van der Waals surface area contributed by atoms with Crippen molar-refractivity contribution < 1.29 is 17.5 Å². The van der Waals surface area contributed by atoms with Crippen LogP contribution in [0.3, 0.4) is 0 Å². The van der Waals surface area contributed by atoms with Gasteiger partial charge in [-0.2, -0.15) is 0 Å². The first-order valence-electron chi connectivity index (χ1n) is 4.23. The fourth-order valence-electron chi connectivity index (χ4n) is 1.02. The molecule has 6 heteroatoms. The van der Waals surface area contributed by atoms with Crippen LogP contribution in [0.2, 0.25) is 0 Å². The van der Waals surface area contributed by atoms with Crippen LogP contribution in [-0.2, 0) is 9.84 Å². The molecule has 1 aromatic rings. The van der Waals surface area contributed by atoms with Gasteiger partial charge in [-0.05, 0) is 12.1 Å². The van der Waals surface area contributed by atoms with Gasteiger partial charge in [0.05, 0.1) is 10.6 Å². The van der Waals surface area contributed by atoms with Crippen molar-refractivity contribution in [3.63, 3.8) is 0 Å². The number of hydrogen-bond donors (Lipinski definition) is 1. The van der Waals surface area contributed by atoms with Crippen LogP contribution in [0.4, 0.5) is 10.1 Å². The number of hydrogen-bond acceptors (Lipinski definition) is 4. The second-order valence-electron chi connectivity index (χ2n) is 3.01. The number of ether oxygens (including phenoxy) is 1. The zero-order valence-corrected chi connectivity index (χ0v) is 9.05. The van der Waals surface area contributed by atoms with Crippen molar-refractivity contribution in [1.82, 2.24) is 0 Å². The van der Waals surface area contributed by atoms with E-state index < -0.39 is 16.5 Å². The number of nitrogen functional groups attached to an aromatic ring is 1. The van der Waals surface area contributed by atoms with Gasteiger partial charge in [-0.1, -0.05) is 0 Å². The number of halogens is 1. The number of sulfone groups is 1. The lowest BCUT2D eigenvalue weighted by atomic mass is 10.3. The van der Waals surface area contributed by atoms with Crippen LogP contribution in [0.5, 0.6) is 5.75 Å². The Labute approximate surface area is 87.8 Å². The highest BCUT2D eigenvalue weighted by molar-refractivity contribution is 7.90. The third-order valence-electron chi connectivity index (χ3n) is 1.75. The van der Waals surface area contributed by atoms with Gasteiger partial charge in [-0.3, -0.25) is 0 Å². The molecule has 0 aromatic heterocycles. The molecule has 0 aliphatic heterocycles. The number of anilines is 1. The minimum atomic E-state index is -3.30. The minimum absolute atomic E-state index is 0.102. The maximum Gasteiger partial charge on any atom is 0.175 e. The Kier molecular flexibility index (Phi) is 3.52. The van der Waals surface area contributed by atoms with Crippen LogP contribution in [0, 0.1) is 0 Å². The van der Waals surface area contributed by atoms with Crippen molar-refractivity contribution >= 4 is 15.5 Å². The number of rotatable bonds is 4. The summed E-state index contributed by atoms with van der Waals surface area (Å²) in [6, 6.07) is 4.09. The fourth-order valence-corrected chi connectivity index (χ4v) is 1.66. The first-order chi connectivity index (χ1) is 6.95. The Hall–Kier alpha value is -1.30. The highest BCUT2D eigenvalue weighted by Crippen LogP contribution is 2.24. The van der Waals surface area contributed by atoms with Crippen LogP contribution in [0.25, 0.3) is 0 Å². The summed E-state index contributed by atoms with van der Waals surface area (Å²) in [5.74, 6) is 0.190. The van der Waals surface area contributed by atoms with Crippen molar-refractivity contribution in [2.24, 2.45) is 0 Å². The van der Waals surface area contributed by atoms with E-state index in [1.807, 2.05) is 0 Å². The molecular weight excluding hydrogens is 221 g/mol. The van der Waals surface area contributed by atoms with Gasteiger partial charge in [0.1, 0.15) is 19.0 Å². The monoisotopic (exact) mass is 233 g/mol. The summed E-state index contributed by atoms with van der Waals surface area (Å²) in [6.45, 7) is -0.792. The molecular formula is C9H12FNO3S. The molecule has 0 unspecified atom stereocenters. The summed E-state index contributed by atoms with van der Waals surface area (Å²) in [7, 11) is -3.30. The fraction of sp³-hybridized carbons (Fsp3) is 0.333. The van der Waals surface area contributed by atoms with E-state index in [9.17, 15) is 12.8 Å². The maximum atomic E-state index is 11.9. The number of alkyl halides is 1. The van der Waals surface area contributed by atoms with Crippen LogP contribution >= 0.6 is 0 Å². The SMILES string of the molecule is CS(=O)(=O)c1ccc(N)c(OCCF)c1. The van der Waals surface area contributed by atoms with Crippen molar-refractivity contribution in [3.05, 3.63) is 18.2 Å². The zero-order valence-electron chi connectivity index (χ0n) is 8.23. The Morgan fingerprint density at radius 2 is 2.13 bits per heavy atom. The second kappa shape index (κ2) is 4.48. The third-order valence-corrected chi connectivity index (χ3v) is 2.86. The molecule has 2 N–H and O–H groups in total. The van der Waals surface area contributed by atoms with Gasteiger partial charge in [0.2, 0.25) is 0 Å². The first-order valence-corrected chi connectivity index (χ1v) is 6.12. The van der Waals surface area contributed by atoms with Gasteiger partial charge in [-0.25, -0.2) is 12.8 Å². The molecule has 0 fully saturated rings. The summed E-state index contributed by atoms with van der Waals surface area (Å²) in [4.78, 5) is 0.102. The molecule has 0 saturated carbocycles. The second-order valence-corrected chi connectivity index (χ2v) is 5.02. The highest BCUT2D eigenvalue weighted by Gasteiger charge is 2.10. The lowest BCUT2D eigenvalue weighted by Gasteiger charge is -2.08. The van der Waals surface area contributed by atoms with E-state index in [4.69, 9.17) is 10.5 Å². The van der Waals surface area contributed by atoms with Crippen molar-refractivity contribution in [1.29, 1.82) is 0 Å². The summed E-state index contributed by atoms with van der Waals surface area (Å²) in [6.07, 6.45) is 1.08. The van der Waals surface area contributed by atoms with E-state index in [-0.39, 0.29) is 22.9 Å². The Bertz CT molecular complexity index is 445. The van der Waals surface area contributed by atoms with Gasteiger partial charge in [0.15, 0.2) is 9.84 Å². The molecule has 1 aromatic carbocycles. The summed E-state index contributed by atoms with van der Waals surface area (Å²) in [5.41, 5.74) is 5.82. The molecule has 0 saturated heterocycles. The molecule has 1 rings (SSSR count). The quantitative estimate of drug-likeness (QED) is 0.788. The number of nitrogens with two attached hydrogens (primary N) is 1. The van der Waals surface area contributed by atoms with Crippen LogP contribution in [0.15, 0.2) is 23.1 Å². The standard InChI is InChI=1S/C9H12FNO3S/c1-15(12,13)7-2-3-8(11)9(6-7)14-5-4-10/h2-3,6H,4-5,11H2,1H3. The average Bonchev–Trinajstić information content (AvgIpc) is 2.15. The first kappa shape index (κ1) is 11.8. The Balaban J connectivity index is 3.06. The van der Waals surface area contributed by atoms with Crippen molar-refractivity contribution in [3.8, 4) is 5.75 Å². The topological polar surface area (TPSA) is 69.4 Å². The van der Waals surface area contributed by atoms with E-state index in [0.29, 0.717) is 0 Å². The molecule has 0 radical (unpaired) electrons. The van der Waals surface area contributed by atoms with Gasteiger partial charge < -0.3 is 10.5 Å². The largest absolute Gasteiger partial charge is 0.489 e. The van der Waals surface area contributed by atoms with Gasteiger partial charge in [0, 0.05) is 12.3 Å². The molecule has 15 heavy (non-hydrogen) atoms. The van der Waals surface area contributed by atoms with Crippen molar-refractivity contribution in [2.75, 3.05) is 25.3 Å². The Morgan fingerprint density at radius 3 is 2.67 bits per heavy atom. The predicted octanol–water partition coefficient (Wildman–Crippen LogP) is 1.02. The molecule has 0 bridgehead atoms. The van der Waals surface area contributed by atoms with E-state index in [2.05, 4.69) is 0 Å². The molecule has 0 atom stereocenters. The van der Waals surface area contributed by atoms with E-state index in [0.717, 1.165) is 6.26 Å². The van der Waals surface area contributed by atoms with E-state index in [1.165, 1.54) is 18.2 Å². The minimum Gasteiger partial charge on any atom is -0.489 e. The normalized spacial score (nSPS) is 11.3. The predicted molar refractivity (Wildman–Crippen MR) is 55.4 cm³/mol. The van der Waals surface area contributed by atoms with Crippen LogP contribution < -0.4 is 10.5 Å². The lowest BCUT2D eigenvalue weighted by molar-refractivity contribution is 0.274. The zero-order chi connectivity index (χ0) is 11.5. The van der Waals surface area contributed by atoms with Gasteiger partial charge in [-0.15, -0.1) is 0 Å². The average molecular weight is 233 g/mol. The molecule has 0 aliphatic rings. The van der Waals surface area contributed by atoms with Gasteiger partial charge >= 0.3 is 0 Å². The maximum absolute atomic E-state index is 11.9. The highest BCUT2D eigenvalue weighted by atomic mass is 32.2. The van der Waals surface area contributed by atoms with E-state index in [1.54, 1.807) is 0 Å². The molecule has 0 spiro atoms. The lowest BCUT2D eigenvalue weighted by Crippen LogP contribution is -2.04. The number of benzene rings is 1. The molecule has 0 amide bonds. The smallest absolute Gasteiger partial charge is 0.175 e. The molecule has 84 valence electrons. The summed E-state index contributed by atoms with van der Waals surface area (Å²) >= 11 is 0. The summed E-state index contributed by atoms with van der Waals surface area (Å²) in [5, 5.41) is 0. The Morgan fingerprint density at radius 1 is 1.47 bits per heavy atom. The van der Waals surface area contributed by atoms with Crippen LogP contribution in [-0.4, -0.2) is 28.0 Å². The van der Waals surface area contributed by atoms with Gasteiger partial charge in [0.25, 0.3) is 0 Å². The van der Waals surface area contributed by atoms with Crippen LogP contribution in [0.1, 0.15) is 0 Å². The third kappa shape index (κ3) is 3.09. The van der Waals surface area contributed by atoms with E-state index >= 15 is 0 Å². The molecule has 0 heterocycles. The molecule has 0 aliphatic carbocycles. The van der Waals surface area contributed by atoms with Crippen molar-refractivity contribution in [2.45, 2.75) is 4.90 Å².